The SMILES string of the molecule is CC(C)C[C@H](NC(=O)[C@H](Cc1ccccc1)NC(=O)[C@H](CCc1ccccc1)NC(=O)CN1CCOCC1)C(=O)[C@]1(C)CO1. The minimum absolute atomic E-state index is 0.151. The average molecular weight is 607 g/mol. The van der Waals surface area contributed by atoms with Crippen molar-refractivity contribution >= 4 is 23.5 Å². The molecule has 3 amide bonds. The Kier molecular flexibility index (Phi) is 12.1. The van der Waals surface area contributed by atoms with Gasteiger partial charge in [-0.25, -0.2) is 0 Å². The number of aryl methyl sites for hydroxylation is 1. The number of nitrogens with zero attached hydrogens (tertiary/aromatic N) is 1. The van der Waals surface area contributed by atoms with Crippen LogP contribution in [0.4, 0.5) is 0 Å². The third-order valence-corrected chi connectivity index (χ3v) is 8.04. The molecule has 2 aliphatic rings. The van der Waals surface area contributed by atoms with Crippen molar-refractivity contribution in [1.82, 2.24) is 20.9 Å². The van der Waals surface area contributed by atoms with Crippen LogP contribution in [0.2, 0.25) is 0 Å². The van der Waals surface area contributed by atoms with Gasteiger partial charge in [0.15, 0.2) is 5.78 Å². The zero-order chi connectivity index (χ0) is 31.5. The zero-order valence-electron chi connectivity index (χ0n) is 26.1. The van der Waals surface area contributed by atoms with Crippen molar-refractivity contribution in [3.8, 4) is 0 Å². The number of ether oxygens (including phenoxy) is 2. The molecule has 0 bridgehead atoms. The van der Waals surface area contributed by atoms with Gasteiger partial charge in [-0.05, 0) is 43.2 Å². The maximum atomic E-state index is 13.8. The average Bonchev–Trinajstić information content (AvgIpc) is 3.77. The van der Waals surface area contributed by atoms with E-state index in [0.29, 0.717) is 52.2 Å². The first-order chi connectivity index (χ1) is 21.1. The lowest BCUT2D eigenvalue weighted by molar-refractivity contribution is -0.134. The highest BCUT2D eigenvalue weighted by Gasteiger charge is 2.50. The van der Waals surface area contributed by atoms with Crippen LogP contribution in [0.5, 0.6) is 0 Å². The third-order valence-electron chi connectivity index (χ3n) is 8.04. The minimum atomic E-state index is -0.962. The number of morpholine rings is 1. The summed E-state index contributed by atoms with van der Waals surface area (Å²) in [6.07, 6.45) is 1.60. The molecule has 3 N–H and O–H groups in total. The molecule has 2 aromatic rings. The highest BCUT2D eigenvalue weighted by atomic mass is 16.6. The van der Waals surface area contributed by atoms with Crippen molar-refractivity contribution in [2.24, 2.45) is 5.92 Å². The van der Waals surface area contributed by atoms with Crippen LogP contribution in [0.25, 0.3) is 0 Å². The Bertz CT molecular complexity index is 1240. The number of carbonyl (C=O) groups is 4. The lowest BCUT2D eigenvalue weighted by atomic mass is 9.93. The number of carbonyl (C=O) groups excluding carboxylic acids is 4. The monoisotopic (exact) mass is 606 g/mol. The molecule has 0 saturated carbocycles. The number of amides is 3. The lowest BCUT2D eigenvalue weighted by Crippen LogP contribution is -2.58. The molecule has 44 heavy (non-hydrogen) atoms. The van der Waals surface area contributed by atoms with Crippen molar-refractivity contribution in [2.45, 2.75) is 70.2 Å². The molecule has 4 rings (SSSR count). The summed E-state index contributed by atoms with van der Waals surface area (Å²) in [4.78, 5) is 55.9. The molecule has 2 saturated heterocycles. The number of Topliss-reactive ketones (excluding diaryl/α,β-unsaturated/α-hetero) is 1. The van der Waals surface area contributed by atoms with Crippen LogP contribution in [-0.2, 0) is 41.5 Å². The largest absolute Gasteiger partial charge is 0.379 e. The molecule has 10 heteroatoms. The maximum absolute atomic E-state index is 13.8. The molecular weight excluding hydrogens is 560 g/mol. The van der Waals surface area contributed by atoms with Crippen LogP contribution in [0.1, 0.15) is 44.7 Å². The highest BCUT2D eigenvalue weighted by molar-refractivity contribution is 5.98. The van der Waals surface area contributed by atoms with E-state index in [1.165, 1.54) is 0 Å². The Hall–Kier alpha value is -3.60. The first-order valence-electron chi connectivity index (χ1n) is 15.6. The van der Waals surface area contributed by atoms with Crippen molar-refractivity contribution in [3.63, 3.8) is 0 Å². The van der Waals surface area contributed by atoms with Crippen molar-refractivity contribution in [2.75, 3.05) is 39.5 Å². The molecular formula is C34H46N4O6. The molecule has 0 aliphatic carbocycles. The molecule has 4 atom stereocenters. The van der Waals surface area contributed by atoms with Gasteiger partial charge in [0.1, 0.15) is 17.7 Å². The van der Waals surface area contributed by atoms with Gasteiger partial charge in [0.05, 0.1) is 32.4 Å². The first-order valence-corrected chi connectivity index (χ1v) is 15.6. The van der Waals surface area contributed by atoms with Crippen molar-refractivity contribution in [1.29, 1.82) is 0 Å². The van der Waals surface area contributed by atoms with E-state index in [9.17, 15) is 19.2 Å². The number of hydrogen-bond acceptors (Lipinski definition) is 7. The van der Waals surface area contributed by atoms with E-state index < -0.39 is 35.5 Å². The van der Waals surface area contributed by atoms with Gasteiger partial charge in [-0.15, -0.1) is 0 Å². The summed E-state index contributed by atoms with van der Waals surface area (Å²) >= 11 is 0. The quantitative estimate of drug-likeness (QED) is 0.250. The maximum Gasteiger partial charge on any atom is 0.243 e. The number of hydrogen-bond donors (Lipinski definition) is 3. The topological polar surface area (TPSA) is 129 Å². The fourth-order valence-corrected chi connectivity index (χ4v) is 5.35. The number of rotatable bonds is 16. The number of nitrogens with one attached hydrogen (secondary N) is 3. The van der Waals surface area contributed by atoms with Crippen LogP contribution in [0.15, 0.2) is 60.7 Å². The van der Waals surface area contributed by atoms with Crippen LogP contribution in [0, 0.1) is 5.92 Å². The lowest BCUT2D eigenvalue weighted by Gasteiger charge is -2.28. The second-order valence-corrected chi connectivity index (χ2v) is 12.4. The summed E-state index contributed by atoms with van der Waals surface area (Å²) < 4.78 is 10.8. The molecule has 2 aliphatic heterocycles. The summed E-state index contributed by atoms with van der Waals surface area (Å²) in [6.45, 7) is 8.61. The van der Waals surface area contributed by atoms with E-state index in [0.717, 1.165) is 11.1 Å². The van der Waals surface area contributed by atoms with E-state index in [2.05, 4.69) is 16.0 Å². The summed E-state index contributed by atoms with van der Waals surface area (Å²) in [5.74, 6) is -1.17. The fraction of sp³-hybridized carbons (Fsp3) is 0.529. The molecule has 0 aromatic heterocycles. The van der Waals surface area contributed by atoms with Crippen LogP contribution in [0.3, 0.4) is 0 Å². The van der Waals surface area contributed by atoms with Crippen LogP contribution >= 0.6 is 0 Å². The van der Waals surface area contributed by atoms with E-state index >= 15 is 0 Å². The van der Waals surface area contributed by atoms with Gasteiger partial charge in [-0.2, -0.15) is 0 Å². The molecule has 2 heterocycles. The number of ketones is 1. The van der Waals surface area contributed by atoms with E-state index in [1.807, 2.05) is 79.4 Å². The Labute approximate surface area is 260 Å². The predicted molar refractivity (Wildman–Crippen MR) is 167 cm³/mol. The third kappa shape index (κ3) is 10.2. The highest BCUT2D eigenvalue weighted by Crippen LogP contribution is 2.29. The summed E-state index contributed by atoms with van der Waals surface area (Å²) in [7, 11) is 0. The van der Waals surface area contributed by atoms with Gasteiger partial charge in [0, 0.05) is 19.5 Å². The molecule has 2 aromatic carbocycles. The van der Waals surface area contributed by atoms with Crippen molar-refractivity contribution < 1.29 is 28.7 Å². The van der Waals surface area contributed by atoms with E-state index in [1.54, 1.807) is 6.92 Å². The van der Waals surface area contributed by atoms with E-state index in [-0.39, 0.29) is 30.6 Å². The number of epoxide rings is 1. The fourth-order valence-electron chi connectivity index (χ4n) is 5.35. The summed E-state index contributed by atoms with van der Waals surface area (Å²) in [6, 6.07) is 16.6. The Morgan fingerprint density at radius 1 is 0.818 bits per heavy atom. The second-order valence-electron chi connectivity index (χ2n) is 12.4. The van der Waals surface area contributed by atoms with Crippen LogP contribution < -0.4 is 16.0 Å². The van der Waals surface area contributed by atoms with Gasteiger partial charge in [-0.1, -0.05) is 74.5 Å². The Morgan fingerprint density at radius 3 is 1.98 bits per heavy atom. The first kappa shape index (κ1) is 33.3. The van der Waals surface area contributed by atoms with Gasteiger partial charge >= 0.3 is 0 Å². The molecule has 0 unspecified atom stereocenters. The standard InChI is InChI=1S/C34H46N4O6/c1-24(2)20-28(31(40)34(3)23-44-34)36-33(42)29(21-26-12-8-5-9-13-26)37-32(41)27(15-14-25-10-6-4-7-11-25)35-30(39)22-38-16-18-43-19-17-38/h4-13,24,27-29H,14-23H2,1-3H3,(H,35,39)(H,36,42)(H,37,41)/t27-,28-,29-,34-/m0/s1. The predicted octanol–water partition coefficient (Wildman–Crippen LogP) is 2.05. The van der Waals surface area contributed by atoms with E-state index in [4.69, 9.17) is 9.47 Å². The summed E-state index contributed by atoms with van der Waals surface area (Å²) in [5.41, 5.74) is 1.00. The molecule has 0 spiro atoms. The normalized spacial score (nSPS) is 20.3. The number of benzene rings is 2. The van der Waals surface area contributed by atoms with Gasteiger partial charge < -0.3 is 25.4 Å². The van der Waals surface area contributed by atoms with Gasteiger partial charge in [0.2, 0.25) is 17.7 Å². The zero-order valence-corrected chi connectivity index (χ0v) is 26.1. The van der Waals surface area contributed by atoms with Crippen LogP contribution in [-0.4, -0.2) is 91.6 Å². The minimum Gasteiger partial charge on any atom is -0.379 e. The molecule has 2 fully saturated rings. The summed E-state index contributed by atoms with van der Waals surface area (Å²) in [5, 5.41) is 8.76. The second kappa shape index (κ2) is 15.9. The van der Waals surface area contributed by atoms with Crippen molar-refractivity contribution in [3.05, 3.63) is 71.8 Å². The molecule has 238 valence electrons. The molecule has 10 nitrogen and oxygen atoms in total. The van der Waals surface area contributed by atoms with Gasteiger partial charge in [0.25, 0.3) is 0 Å². The van der Waals surface area contributed by atoms with Gasteiger partial charge in [-0.3, -0.25) is 24.1 Å². The Balaban J connectivity index is 1.50. The molecule has 0 radical (unpaired) electrons. The smallest absolute Gasteiger partial charge is 0.243 e. The Morgan fingerprint density at radius 2 is 1.39 bits per heavy atom.